The Morgan fingerprint density at radius 2 is 1.91 bits per heavy atom. The third-order valence-electron chi connectivity index (χ3n) is 5.14. The van der Waals surface area contributed by atoms with Crippen LogP contribution in [0.25, 0.3) is 10.9 Å². The van der Waals surface area contributed by atoms with Gasteiger partial charge < -0.3 is 9.47 Å². The number of halogens is 2. The van der Waals surface area contributed by atoms with E-state index < -0.39 is 0 Å². The Morgan fingerprint density at radius 1 is 1.18 bits per heavy atom. The van der Waals surface area contributed by atoms with Gasteiger partial charge in [-0.3, -0.25) is 4.79 Å². The lowest BCUT2D eigenvalue weighted by Crippen LogP contribution is -2.23. The second kappa shape index (κ2) is 10.4. The summed E-state index contributed by atoms with van der Waals surface area (Å²) in [6.45, 7) is 11.0. The maximum Gasteiger partial charge on any atom is 0.282 e. The molecule has 1 atom stereocenters. The highest BCUT2D eigenvalue weighted by atomic mass is 79.9. The van der Waals surface area contributed by atoms with Crippen molar-refractivity contribution in [2.45, 2.75) is 47.0 Å². The maximum absolute atomic E-state index is 13.3. The van der Waals surface area contributed by atoms with Gasteiger partial charge in [-0.25, -0.2) is 4.98 Å². The summed E-state index contributed by atoms with van der Waals surface area (Å²) in [5.74, 6) is 1.93. The van der Waals surface area contributed by atoms with E-state index in [-0.39, 0.29) is 16.9 Å². The minimum absolute atomic E-state index is 0.0171. The van der Waals surface area contributed by atoms with Gasteiger partial charge in [-0.2, -0.15) is 9.78 Å². The molecule has 3 aromatic rings. The van der Waals surface area contributed by atoms with Crippen LogP contribution >= 0.6 is 31.9 Å². The first-order chi connectivity index (χ1) is 15.5. The molecular formula is C25H29Br2N3O3. The Bertz CT molecular complexity index is 1250. The molecule has 0 spiro atoms. The predicted octanol–water partition coefficient (Wildman–Crippen LogP) is 6.75. The fourth-order valence-corrected chi connectivity index (χ4v) is 3.90. The molecule has 1 heterocycles. The molecule has 0 saturated heterocycles. The van der Waals surface area contributed by atoms with E-state index in [0.717, 1.165) is 20.9 Å². The number of methoxy groups -OCH3 is 1. The fourth-order valence-electron chi connectivity index (χ4n) is 3.12. The van der Waals surface area contributed by atoms with Gasteiger partial charge in [0, 0.05) is 20.4 Å². The van der Waals surface area contributed by atoms with Gasteiger partial charge in [-0.05, 0) is 58.1 Å². The first-order valence-electron chi connectivity index (χ1n) is 10.8. The Labute approximate surface area is 211 Å². The number of rotatable bonds is 7. The lowest BCUT2D eigenvalue weighted by molar-refractivity contribution is 0.191. The molecule has 0 saturated carbocycles. The van der Waals surface area contributed by atoms with Crippen molar-refractivity contribution in [3.63, 3.8) is 0 Å². The largest absolute Gasteiger partial charge is 0.493 e. The van der Waals surface area contributed by atoms with Crippen molar-refractivity contribution in [1.82, 2.24) is 9.66 Å². The van der Waals surface area contributed by atoms with Crippen LogP contribution in [0, 0.1) is 5.41 Å². The van der Waals surface area contributed by atoms with E-state index in [9.17, 15) is 4.79 Å². The average Bonchev–Trinajstić information content (AvgIpc) is 2.77. The summed E-state index contributed by atoms with van der Waals surface area (Å²) in [6.07, 6.45) is 2.47. The lowest BCUT2D eigenvalue weighted by Gasteiger charge is -2.20. The van der Waals surface area contributed by atoms with Crippen molar-refractivity contribution in [3.8, 4) is 11.5 Å². The van der Waals surface area contributed by atoms with Crippen LogP contribution in [0.5, 0.6) is 11.5 Å². The molecule has 0 aliphatic heterocycles. The van der Waals surface area contributed by atoms with E-state index in [1.807, 2.05) is 31.2 Å². The van der Waals surface area contributed by atoms with Crippen molar-refractivity contribution in [2.75, 3.05) is 13.7 Å². The SMILES string of the molecule is CC[C@@H](C)c1nc2ccc(Br)cc2c(=O)n1N=Cc1cc(OC)c(OCC(C)(C)C)cc1Br. The van der Waals surface area contributed by atoms with Crippen molar-refractivity contribution in [1.29, 1.82) is 0 Å². The molecule has 1 aromatic heterocycles. The Morgan fingerprint density at radius 3 is 2.55 bits per heavy atom. The normalized spacial score (nSPS) is 13.0. The zero-order chi connectivity index (χ0) is 24.3. The molecule has 8 heteroatoms. The highest BCUT2D eigenvalue weighted by molar-refractivity contribution is 9.10. The van der Waals surface area contributed by atoms with E-state index >= 15 is 0 Å². The number of ether oxygens (including phenoxy) is 2. The zero-order valence-electron chi connectivity index (χ0n) is 19.8. The van der Waals surface area contributed by atoms with Crippen LogP contribution in [0.4, 0.5) is 0 Å². The zero-order valence-corrected chi connectivity index (χ0v) is 22.9. The second-order valence-electron chi connectivity index (χ2n) is 9.18. The average molecular weight is 579 g/mol. The fraction of sp³-hybridized carbons (Fsp3) is 0.400. The Balaban J connectivity index is 2.08. The monoisotopic (exact) mass is 577 g/mol. The second-order valence-corrected chi connectivity index (χ2v) is 10.9. The van der Waals surface area contributed by atoms with Crippen LogP contribution in [0.3, 0.4) is 0 Å². The molecule has 2 aromatic carbocycles. The molecule has 0 aliphatic rings. The van der Waals surface area contributed by atoms with Gasteiger partial charge >= 0.3 is 0 Å². The van der Waals surface area contributed by atoms with Crippen molar-refractivity contribution >= 4 is 49.0 Å². The molecule has 176 valence electrons. The predicted molar refractivity (Wildman–Crippen MR) is 141 cm³/mol. The molecule has 3 rings (SSSR count). The summed E-state index contributed by atoms with van der Waals surface area (Å²) < 4.78 is 14.5. The summed E-state index contributed by atoms with van der Waals surface area (Å²) in [6, 6.07) is 9.20. The first kappa shape index (κ1) is 25.4. The summed E-state index contributed by atoms with van der Waals surface area (Å²) in [5.41, 5.74) is 1.23. The molecule has 0 fully saturated rings. The minimum atomic E-state index is -0.207. The third-order valence-corrected chi connectivity index (χ3v) is 6.32. The number of hydrogen-bond acceptors (Lipinski definition) is 5. The van der Waals surface area contributed by atoms with Crippen molar-refractivity contribution in [3.05, 3.63) is 61.0 Å². The van der Waals surface area contributed by atoms with E-state index in [2.05, 4.69) is 64.7 Å². The van der Waals surface area contributed by atoms with Gasteiger partial charge in [0.15, 0.2) is 11.5 Å². The van der Waals surface area contributed by atoms with Crippen LogP contribution < -0.4 is 15.0 Å². The molecule has 0 amide bonds. The first-order valence-corrected chi connectivity index (χ1v) is 12.4. The molecule has 0 aliphatic carbocycles. The van der Waals surface area contributed by atoms with E-state index in [0.29, 0.717) is 34.8 Å². The highest BCUT2D eigenvalue weighted by Gasteiger charge is 2.17. The van der Waals surface area contributed by atoms with Crippen molar-refractivity contribution in [2.24, 2.45) is 10.5 Å². The van der Waals surface area contributed by atoms with Crippen LogP contribution in [0.2, 0.25) is 0 Å². The van der Waals surface area contributed by atoms with Crippen LogP contribution in [-0.2, 0) is 0 Å². The van der Waals surface area contributed by atoms with Crippen LogP contribution in [-0.4, -0.2) is 29.6 Å². The molecule has 0 N–H and O–H groups in total. The summed E-state index contributed by atoms with van der Waals surface area (Å²) in [5, 5.41) is 5.06. The number of hydrogen-bond donors (Lipinski definition) is 0. The summed E-state index contributed by atoms with van der Waals surface area (Å²) in [7, 11) is 1.60. The lowest BCUT2D eigenvalue weighted by atomic mass is 9.99. The van der Waals surface area contributed by atoms with Gasteiger partial charge in [0.05, 0.1) is 30.8 Å². The number of fused-ring (bicyclic) bond motifs is 1. The van der Waals surface area contributed by atoms with Gasteiger partial charge in [0.2, 0.25) is 0 Å². The van der Waals surface area contributed by atoms with Crippen LogP contribution in [0.15, 0.2) is 49.2 Å². The smallest absolute Gasteiger partial charge is 0.282 e. The van der Waals surface area contributed by atoms with Gasteiger partial charge in [0.1, 0.15) is 5.82 Å². The third kappa shape index (κ3) is 6.03. The number of benzene rings is 2. The Kier molecular flexibility index (Phi) is 8.00. The molecule has 6 nitrogen and oxygen atoms in total. The Hall–Kier alpha value is -2.19. The van der Waals surface area contributed by atoms with E-state index in [1.165, 1.54) is 4.68 Å². The number of nitrogens with zero attached hydrogens (tertiary/aromatic N) is 3. The molecule has 0 unspecified atom stereocenters. The van der Waals surface area contributed by atoms with Gasteiger partial charge in [-0.15, -0.1) is 0 Å². The van der Waals surface area contributed by atoms with Crippen molar-refractivity contribution < 1.29 is 9.47 Å². The van der Waals surface area contributed by atoms with Gasteiger partial charge in [-0.1, -0.05) is 50.5 Å². The van der Waals surface area contributed by atoms with E-state index in [1.54, 1.807) is 19.4 Å². The van der Waals surface area contributed by atoms with E-state index in [4.69, 9.17) is 14.5 Å². The summed E-state index contributed by atoms with van der Waals surface area (Å²) in [4.78, 5) is 18.1. The molecule has 0 bridgehead atoms. The topological polar surface area (TPSA) is 65.7 Å². The minimum Gasteiger partial charge on any atom is -0.493 e. The van der Waals surface area contributed by atoms with Gasteiger partial charge in [0.25, 0.3) is 5.56 Å². The maximum atomic E-state index is 13.3. The van der Waals surface area contributed by atoms with Crippen LogP contribution in [0.1, 0.15) is 58.3 Å². The molecule has 33 heavy (non-hydrogen) atoms. The molecule has 0 radical (unpaired) electrons. The molecular weight excluding hydrogens is 550 g/mol. The number of aromatic nitrogens is 2. The summed E-state index contributed by atoms with van der Waals surface area (Å²) >= 11 is 7.04. The standard InChI is InChI=1S/C25H29Br2N3O3/c1-7-15(2)23-29-20-9-8-17(26)11-18(20)24(31)30(23)28-13-16-10-21(32-6)22(12-19(16)27)33-14-25(3,4)5/h8-13,15H,7,14H2,1-6H3/t15-/m1/s1. The quantitative estimate of drug-likeness (QED) is 0.291. The highest BCUT2D eigenvalue weighted by Crippen LogP contribution is 2.34.